The lowest BCUT2D eigenvalue weighted by Gasteiger charge is -2.15. The van der Waals surface area contributed by atoms with Gasteiger partial charge in [-0.05, 0) is 6.07 Å². The first-order valence-corrected chi connectivity index (χ1v) is 4.43. The Kier molecular flexibility index (Phi) is 4.45. The van der Waals surface area contributed by atoms with Gasteiger partial charge in [0.1, 0.15) is 5.75 Å². The van der Waals surface area contributed by atoms with Gasteiger partial charge in [0.25, 0.3) is 0 Å². The number of alkyl halides is 2. The van der Waals surface area contributed by atoms with Crippen molar-refractivity contribution < 1.29 is 18.3 Å². The molecule has 0 amide bonds. The van der Waals surface area contributed by atoms with Crippen molar-refractivity contribution in [3.63, 3.8) is 0 Å². The molecule has 15 heavy (non-hydrogen) atoms. The van der Waals surface area contributed by atoms with Crippen LogP contribution in [0.4, 0.5) is 8.78 Å². The molecule has 0 spiro atoms. The number of ether oxygens (including phenoxy) is 2. The van der Waals surface area contributed by atoms with E-state index in [1.807, 2.05) is 0 Å². The molecule has 0 bridgehead atoms. The third kappa shape index (κ3) is 3.45. The predicted molar refractivity (Wildman–Crippen MR) is 51.9 cm³/mol. The van der Waals surface area contributed by atoms with E-state index in [0.717, 1.165) is 0 Å². The molecule has 0 saturated carbocycles. The zero-order valence-corrected chi connectivity index (χ0v) is 8.32. The number of rotatable bonds is 5. The van der Waals surface area contributed by atoms with Crippen molar-refractivity contribution in [3.05, 3.63) is 29.8 Å². The van der Waals surface area contributed by atoms with Gasteiger partial charge in [-0.3, -0.25) is 0 Å². The van der Waals surface area contributed by atoms with Gasteiger partial charge >= 0.3 is 6.61 Å². The summed E-state index contributed by atoms with van der Waals surface area (Å²) in [7, 11) is 1.50. The molecule has 1 aromatic carbocycles. The van der Waals surface area contributed by atoms with Crippen LogP contribution in [0.3, 0.4) is 0 Å². The first-order chi connectivity index (χ1) is 7.15. The molecule has 0 aliphatic rings. The number of methoxy groups -OCH3 is 1. The van der Waals surface area contributed by atoms with Crippen LogP contribution in [0.25, 0.3) is 0 Å². The van der Waals surface area contributed by atoms with Crippen molar-refractivity contribution in [1.29, 1.82) is 0 Å². The quantitative estimate of drug-likeness (QED) is 0.819. The van der Waals surface area contributed by atoms with Crippen LogP contribution < -0.4 is 10.5 Å². The Bertz CT molecular complexity index is 307. The molecule has 84 valence electrons. The fourth-order valence-electron chi connectivity index (χ4n) is 1.26. The summed E-state index contributed by atoms with van der Waals surface area (Å²) in [5, 5.41) is 0. The molecule has 0 radical (unpaired) electrons. The van der Waals surface area contributed by atoms with Crippen molar-refractivity contribution >= 4 is 0 Å². The van der Waals surface area contributed by atoms with E-state index in [1.54, 1.807) is 18.2 Å². The highest BCUT2D eigenvalue weighted by Crippen LogP contribution is 2.25. The Morgan fingerprint density at radius 1 is 1.33 bits per heavy atom. The fourth-order valence-corrected chi connectivity index (χ4v) is 1.26. The van der Waals surface area contributed by atoms with Crippen molar-refractivity contribution in [2.45, 2.75) is 12.7 Å². The fraction of sp³-hybridized carbons (Fsp3) is 0.400. The standard InChI is InChI=1S/C10H13F2NO2/c1-14-6-8(13)7-4-2-3-5-9(7)15-10(11)12/h2-5,8,10H,6,13H2,1H3. The minimum atomic E-state index is -2.85. The SMILES string of the molecule is COCC(N)c1ccccc1OC(F)F. The zero-order valence-electron chi connectivity index (χ0n) is 8.32. The van der Waals surface area contributed by atoms with E-state index in [-0.39, 0.29) is 12.4 Å². The molecular weight excluding hydrogens is 204 g/mol. The van der Waals surface area contributed by atoms with Gasteiger partial charge < -0.3 is 15.2 Å². The smallest absolute Gasteiger partial charge is 0.387 e. The van der Waals surface area contributed by atoms with Crippen molar-refractivity contribution in [2.75, 3.05) is 13.7 Å². The van der Waals surface area contributed by atoms with Gasteiger partial charge in [-0.1, -0.05) is 18.2 Å². The number of hydrogen-bond donors (Lipinski definition) is 1. The molecular formula is C10H13F2NO2. The molecule has 0 saturated heterocycles. The molecule has 0 aliphatic carbocycles. The number of nitrogens with two attached hydrogens (primary N) is 1. The minimum Gasteiger partial charge on any atom is -0.434 e. The average Bonchev–Trinajstić information content (AvgIpc) is 2.18. The molecule has 0 aliphatic heterocycles. The summed E-state index contributed by atoms with van der Waals surface area (Å²) in [6.07, 6.45) is 0. The van der Waals surface area contributed by atoms with Gasteiger partial charge in [0.05, 0.1) is 12.6 Å². The summed E-state index contributed by atoms with van der Waals surface area (Å²) in [5.74, 6) is 0.0945. The Morgan fingerprint density at radius 3 is 2.60 bits per heavy atom. The first kappa shape index (κ1) is 11.9. The number of benzene rings is 1. The third-order valence-electron chi connectivity index (χ3n) is 1.88. The summed E-state index contributed by atoms with van der Waals surface area (Å²) in [6.45, 7) is -2.59. The lowest BCUT2D eigenvalue weighted by atomic mass is 10.1. The lowest BCUT2D eigenvalue weighted by molar-refractivity contribution is -0.0508. The van der Waals surface area contributed by atoms with Crippen molar-refractivity contribution in [3.8, 4) is 5.75 Å². The lowest BCUT2D eigenvalue weighted by Crippen LogP contribution is -2.18. The Balaban J connectivity index is 2.85. The van der Waals surface area contributed by atoms with Crippen LogP contribution in [0.2, 0.25) is 0 Å². The van der Waals surface area contributed by atoms with Gasteiger partial charge in [0, 0.05) is 12.7 Å². The molecule has 1 rings (SSSR count). The summed E-state index contributed by atoms with van der Waals surface area (Å²) in [6, 6.07) is 5.95. The molecule has 1 unspecified atom stereocenters. The minimum absolute atomic E-state index is 0.0945. The summed E-state index contributed by atoms with van der Waals surface area (Å²) in [5.41, 5.74) is 6.25. The highest BCUT2D eigenvalue weighted by atomic mass is 19.3. The van der Waals surface area contributed by atoms with Crippen LogP contribution in [0.15, 0.2) is 24.3 Å². The molecule has 1 atom stereocenters. The maximum absolute atomic E-state index is 12.1. The first-order valence-electron chi connectivity index (χ1n) is 4.43. The van der Waals surface area contributed by atoms with E-state index in [1.165, 1.54) is 13.2 Å². The molecule has 5 heteroatoms. The van der Waals surface area contributed by atoms with E-state index < -0.39 is 12.7 Å². The molecule has 0 fully saturated rings. The van der Waals surface area contributed by atoms with Crippen LogP contribution in [-0.4, -0.2) is 20.3 Å². The van der Waals surface area contributed by atoms with Crippen molar-refractivity contribution in [2.24, 2.45) is 5.73 Å². The highest BCUT2D eigenvalue weighted by molar-refractivity contribution is 5.35. The van der Waals surface area contributed by atoms with E-state index in [9.17, 15) is 8.78 Å². The second-order valence-electron chi connectivity index (χ2n) is 2.98. The second kappa shape index (κ2) is 5.63. The van der Waals surface area contributed by atoms with Gasteiger partial charge in [-0.25, -0.2) is 0 Å². The van der Waals surface area contributed by atoms with Gasteiger partial charge in [0.15, 0.2) is 0 Å². The van der Waals surface area contributed by atoms with Gasteiger partial charge in [-0.15, -0.1) is 0 Å². The predicted octanol–water partition coefficient (Wildman–Crippen LogP) is 1.93. The molecule has 2 N–H and O–H groups in total. The van der Waals surface area contributed by atoms with Gasteiger partial charge in [0.2, 0.25) is 0 Å². The monoisotopic (exact) mass is 217 g/mol. The Labute approximate surface area is 86.8 Å². The zero-order chi connectivity index (χ0) is 11.3. The maximum Gasteiger partial charge on any atom is 0.387 e. The van der Waals surface area contributed by atoms with Crippen LogP contribution >= 0.6 is 0 Å². The van der Waals surface area contributed by atoms with E-state index >= 15 is 0 Å². The summed E-state index contributed by atoms with van der Waals surface area (Å²) < 4.78 is 33.3. The highest BCUT2D eigenvalue weighted by Gasteiger charge is 2.14. The normalized spacial score (nSPS) is 12.9. The maximum atomic E-state index is 12.1. The van der Waals surface area contributed by atoms with Crippen LogP contribution in [-0.2, 0) is 4.74 Å². The number of para-hydroxylation sites is 1. The van der Waals surface area contributed by atoms with E-state index in [4.69, 9.17) is 10.5 Å². The Hall–Kier alpha value is -1.20. The number of hydrogen-bond acceptors (Lipinski definition) is 3. The van der Waals surface area contributed by atoms with Crippen molar-refractivity contribution in [1.82, 2.24) is 0 Å². The largest absolute Gasteiger partial charge is 0.434 e. The summed E-state index contributed by atoms with van der Waals surface area (Å²) >= 11 is 0. The average molecular weight is 217 g/mol. The molecule has 0 aromatic heterocycles. The van der Waals surface area contributed by atoms with E-state index in [0.29, 0.717) is 5.56 Å². The Morgan fingerprint density at radius 2 is 2.00 bits per heavy atom. The van der Waals surface area contributed by atoms with Crippen LogP contribution in [0.1, 0.15) is 11.6 Å². The van der Waals surface area contributed by atoms with E-state index in [2.05, 4.69) is 4.74 Å². The molecule has 3 nitrogen and oxygen atoms in total. The third-order valence-corrected chi connectivity index (χ3v) is 1.88. The summed E-state index contributed by atoms with van der Waals surface area (Å²) in [4.78, 5) is 0. The molecule has 0 heterocycles. The second-order valence-corrected chi connectivity index (χ2v) is 2.98. The topological polar surface area (TPSA) is 44.5 Å². The van der Waals surface area contributed by atoms with Crippen LogP contribution in [0, 0.1) is 0 Å². The van der Waals surface area contributed by atoms with Crippen LogP contribution in [0.5, 0.6) is 5.75 Å². The number of halogens is 2. The van der Waals surface area contributed by atoms with Gasteiger partial charge in [-0.2, -0.15) is 8.78 Å². The molecule has 1 aromatic rings.